The van der Waals surface area contributed by atoms with Crippen LogP contribution < -0.4 is 14.2 Å². The number of ether oxygens (including phenoxy) is 3. The molecule has 1 heterocycles. The van der Waals surface area contributed by atoms with E-state index in [-0.39, 0.29) is 0 Å². The highest BCUT2D eigenvalue weighted by atomic mass is 16.5. The molecule has 1 aliphatic rings. The molecule has 0 fully saturated rings. The van der Waals surface area contributed by atoms with Crippen LogP contribution in [0.2, 0.25) is 0 Å². The highest BCUT2D eigenvalue weighted by molar-refractivity contribution is 5.59. The first-order chi connectivity index (χ1) is 8.83. The maximum atomic E-state index is 5.88. The number of methoxy groups -OCH3 is 2. The minimum Gasteiger partial charge on any atom is -0.493 e. The van der Waals surface area contributed by atoms with Gasteiger partial charge in [0.05, 0.1) is 14.2 Å². The Kier molecular flexibility index (Phi) is 2.59. The van der Waals surface area contributed by atoms with Crippen LogP contribution in [-0.4, -0.2) is 14.2 Å². The summed E-state index contributed by atoms with van der Waals surface area (Å²) in [5.74, 6) is 3.24. The molecule has 0 saturated carbocycles. The van der Waals surface area contributed by atoms with Gasteiger partial charge in [-0.25, -0.2) is 0 Å². The van der Waals surface area contributed by atoms with E-state index < -0.39 is 0 Å². The highest BCUT2D eigenvalue weighted by Gasteiger charge is 2.22. The van der Waals surface area contributed by atoms with Gasteiger partial charge < -0.3 is 14.2 Å². The molecule has 0 radical (unpaired) electrons. The summed E-state index contributed by atoms with van der Waals surface area (Å²) in [4.78, 5) is 0. The van der Waals surface area contributed by atoms with Gasteiger partial charge in [-0.2, -0.15) is 0 Å². The van der Waals surface area contributed by atoms with Crippen LogP contribution in [0.1, 0.15) is 11.1 Å². The number of hydrogen-bond acceptors (Lipinski definition) is 3. The van der Waals surface area contributed by atoms with E-state index in [1.54, 1.807) is 14.2 Å². The lowest BCUT2D eigenvalue weighted by molar-refractivity contribution is 0.346. The molecule has 0 unspecified atom stereocenters. The summed E-state index contributed by atoms with van der Waals surface area (Å²) in [5.41, 5.74) is 2.20. The second-order valence-electron chi connectivity index (χ2n) is 4.16. The zero-order chi connectivity index (χ0) is 12.5. The molecule has 0 saturated heterocycles. The lowest BCUT2D eigenvalue weighted by Crippen LogP contribution is -2.05. The fraction of sp³-hybridized carbons (Fsp3) is 0.200. The van der Waals surface area contributed by atoms with Crippen molar-refractivity contribution < 1.29 is 14.2 Å². The van der Waals surface area contributed by atoms with E-state index in [1.165, 1.54) is 0 Å². The van der Waals surface area contributed by atoms with E-state index in [0.29, 0.717) is 0 Å². The molecule has 2 aromatic carbocycles. The van der Waals surface area contributed by atoms with Gasteiger partial charge in [-0.05, 0) is 23.8 Å². The number of rotatable bonds is 2. The van der Waals surface area contributed by atoms with Gasteiger partial charge in [0.1, 0.15) is 11.5 Å². The van der Waals surface area contributed by atoms with E-state index in [4.69, 9.17) is 14.2 Å². The van der Waals surface area contributed by atoms with Crippen LogP contribution in [0.25, 0.3) is 0 Å². The van der Waals surface area contributed by atoms with Crippen LogP contribution in [0, 0.1) is 0 Å². The summed E-state index contributed by atoms with van der Waals surface area (Å²) < 4.78 is 16.6. The monoisotopic (exact) mass is 242 g/mol. The summed E-state index contributed by atoms with van der Waals surface area (Å²) >= 11 is 0. The van der Waals surface area contributed by atoms with Crippen molar-refractivity contribution in [3.63, 3.8) is 0 Å². The van der Waals surface area contributed by atoms with Crippen molar-refractivity contribution in [1.29, 1.82) is 0 Å². The van der Waals surface area contributed by atoms with Crippen molar-refractivity contribution in [2.75, 3.05) is 14.2 Å². The zero-order valence-electron chi connectivity index (χ0n) is 10.4. The molecule has 18 heavy (non-hydrogen) atoms. The first-order valence-corrected chi connectivity index (χ1v) is 5.83. The third kappa shape index (κ3) is 1.59. The van der Waals surface area contributed by atoms with Gasteiger partial charge >= 0.3 is 0 Å². The molecule has 3 rings (SSSR count). The highest BCUT2D eigenvalue weighted by Crippen LogP contribution is 2.44. The van der Waals surface area contributed by atoms with Gasteiger partial charge in [0.25, 0.3) is 0 Å². The van der Waals surface area contributed by atoms with E-state index in [1.807, 2.05) is 30.3 Å². The quantitative estimate of drug-likeness (QED) is 0.689. The minimum absolute atomic E-state index is 0.735. The van der Waals surface area contributed by atoms with Crippen molar-refractivity contribution in [2.24, 2.45) is 0 Å². The topological polar surface area (TPSA) is 27.7 Å². The van der Waals surface area contributed by atoms with Crippen molar-refractivity contribution in [3.05, 3.63) is 47.5 Å². The SMILES string of the molecule is COc1ccc2c(c1OC)Cc1ccccc1O2. The Bertz CT molecular complexity index is 590. The van der Waals surface area contributed by atoms with Crippen LogP contribution in [0.15, 0.2) is 36.4 Å². The first kappa shape index (κ1) is 11.0. The van der Waals surface area contributed by atoms with Crippen LogP contribution in [-0.2, 0) is 6.42 Å². The molecule has 0 spiro atoms. The van der Waals surface area contributed by atoms with Gasteiger partial charge in [0.15, 0.2) is 11.5 Å². The third-order valence-electron chi connectivity index (χ3n) is 3.17. The standard InChI is InChI=1S/C15H14O3/c1-16-14-8-7-13-11(15(14)17-2)9-10-5-3-4-6-12(10)18-13/h3-8H,9H2,1-2H3. The Hall–Kier alpha value is -2.16. The van der Waals surface area contributed by atoms with Crippen molar-refractivity contribution in [2.45, 2.75) is 6.42 Å². The maximum absolute atomic E-state index is 5.88. The zero-order valence-corrected chi connectivity index (χ0v) is 10.4. The molecule has 0 N–H and O–H groups in total. The van der Waals surface area contributed by atoms with Crippen LogP contribution in [0.5, 0.6) is 23.0 Å². The maximum Gasteiger partial charge on any atom is 0.167 e. The molecule has 0 amide bonds. The molecule has 0 bridgehead atoms. The van der Waals surface area contributed by atoms with Gasteiger partial charge in [-0.3, -0.25) is 0 Å². The molecule has 92 valence electrons. The van der Waals surface area contributed by atoms with Crippen LogP contribution in [0.3, 0.4) is 0 Å². The molecular weight excluding hydrogens is 228 g/mol. The van der Waals surface area contributed by atoms with Crippen LogP contribution >= 0.6 is 0 Å². The van der Waals surface area contributed by atoms with Gasteiger partial charge in [-0.1, -0.05) is 18.2 Å². The Labute approximate surface area is 106 Å². The normalized spacial score (nSPS) is 12.1. The Morgan fingerprint density at radius 2 is 1.78 bits per heavy atom. The van der Waals surface area contributed by atoms with E-state index in [9.17, 15) is 0 Å². The summed E-state index contributed by atoms with van der Waals surface area (Å²) in [5, 5.41) is 0. The summed E-state index contributed by atoms with van der Waals surface area (Å²) in [7, 11) is 3.29. The largest absolute Gasteiger partial charge is 0.493 e. The third-order valence-corrected chi connectivity index (χ3v) is 3.17. The fourth-order valence-electron chi connectivity index (χ4n) is 2.29. The average Bonchev–Trinajstić information content (AvgIpc) is 2.43. The molecule has 0 aliphatic carbocycles. The van der Waals surface area contributed by atoms with Crippen molar-refractivity contribution >= 4 is 0 Å². The summed E-state index contributed by atoms with van der Waals surface area (Å²) in [6, 6.07) is 11.8. The van der Waals surface area contributed by atoms with Crippen molar-refractivity contribution in [3.8, 4) is 23.0 Å². The van der Waals surface area contributed by atoms with Gasteiger partial charge in [0.2, 0.25) is 0 Å². The Morgan fingerprint density at radius 1 is 0.944 bits per heavy atom. The summed E-state index contributed by atoms with van der Waals surface area (Å²) in [6.07, 6.45) is 0.798. The molecule has 2 aromatic rings. The molecular formula is C15H14O3. The minimum atomic E-state index is 0.735. The number of hydrogen-bond donors (Lipinski definition) is 0. The molecule has 3 nitrogen and oxygen atoms in total. The lowest BCUT2D eigenvalue weighted by Gasteiger charge is -2.23. The van der Waals surface area contributed by atoms with Gasteiger partial charge in [-0.15, -0.1) is 0 Å². The Balaban J connectivity index is 2.13. The van der Waals surface area contributed by atoms with Crippen LogP contribution in [0.4, 0.5) is 0 Å². The number of para-hydroxylation sites is 1. The van der Waals surface area contributed by atoms with E-state index in [0.717, 1.165) is 40.5 Å². The summed E-state index contributed by atoms with van der Waals surface area (Å²) in [6.45, 7) is 0. The first-order valence-electron chi connectivity index (χ1n) is 5.83. The second kappa shape index (κ2) is 4.26. The van der Waals surface area contributed by atoms with Gasteiger partial charge in [0, 0.05) is 12.0 Å². The Morgan fingerprint density at radius 3 is 2.56 bits per heavy atom. The molecule has 0 atom stereocenters. The smallest absolute Gasteiger partial charge is 0.167 e. The second-order valence-corrected chi connectivity index (χ2v) is 4.16. The number of benzene rings is 2. The van der Waals surface area contributed by atoms with E-state index >= 15 is 0 Å². The predicted octanol–water partition coefficient (Wildman–Crippen LogP) is 3.40. The molecule has 1 aliphatic heterocycles. The fourth-order valence-corrected chi connectivity index (χ4v) is 2.29. The molecule has 3 heteroatoms. The number of fused-ring (bicyclic) bond motifs is 2. The lowest BCUT2D eigenvalue weighted by atomic mass is 9.99. The van der Waals surface area contributed by atoms with E-state index in [2.05, 4.69) is 6.07 Å². The predicted molar refractivity (Wildman–Crippen MR) is 68.9 cm³/mol. The van der Waals surface area contributed by atoms with Crippen molar-refractivity contribution in [1.82, 2.24) is 0 Å². The molecule has 0 aromatic heterocycles. The average molecular weight is 242 g/mol.